The van der Waals surface area contributed by atoms with Crippen molar-refractivity contribution in [3.63, 3.8) is 0 Å². The summed E-state index contributed by atoms with van der Waals surface area (Å²) >= 11 is 0. The second-order valence-electron chi connectivity index (χ2n) is 5.65. The van der Waals surface area contributed by atoms with Gasteiger partial charge in [-0.1, -0.05) is 26.7 Å². The highest BCUT2D eigenvalue weighted by atomic mass is 16.3. The van der Waals surface area contributed by atoms with Crippen LogP contribution in [0.2, 0.25) is 0 Å². The lowest BCUT2D eigenvalue weighted by Crippen LogP contribution is -2.35. The van der Waals surface area contributed by atoms with Crippen LogP contribution in [0.3, 0.4) is 0 Å². The van der Waals surface area contributed by atoms with E-state index in [-0.39, 0.29) is 18.6 Å². The fourth-order valence-corrected chi connectivity index (χ4v) is 3.19. The number of rotatable bonds is 5. The number of aliphatic hydroxyl groups is 1. The van der Waals surface area contributed by atoms with Gasteiger partial charge in [0.05, 0.1) is 5.69 Å². The summed E-state index contributed by atoms with van der Waals surface area (Å²) in [6, 6.07) is 2.47. The number of nitriles is 1. The van der Waals surface area contributed by atoms with Crippen LogP contribution in [0.25, 0.3) is 0 Å². The lowest BCUT2D eigenvalue weighted by Gasteiger charge is -2.31. The van der Waals surface area contributed by atoms with Crippen LogP contribution in [0, 0.1) is 17.2 Å². The van der Waals surface area contributed by atoms with Gasteiger partial charge in [0.2, 0.25) is 0 Å². The smallest absolute Gasteiger partial charge is 0.167 e. The first-order chi connectivity index (χ1) is 10.2. The van der Waals surface area contributed by atoms with Gasteiger partial charge in [0.25, 0.3) is 0 Å². The molecule has 1 aromatic rings. The first-order valence-corrected chi connectivity index (χ1v) is 7.91. The predicted octanol–water partition coefficient (Wildman–Crippen LogP) is 2.44. The first kappa shape index (κ1) is 15.7. The molecule has 21 heavy (non-hydrogen) atoms. The second kappa shape index (κ2) is 7.37. The molecule has 5 heteroatoms. The average molecular weight is 288 g/mol. The summed E-state index contributed by atoms with van der Waals surface area (Å²) in [4.78, 5) is 0. The van der Waals surface area contributed by atoms with Gasteiger partial charge >= 0.3 is 0 Å². The standard InChI is InChI=1S/C16H24N4O/c1-3-12-13(9-17)16(20-19-14(12)4-2)18-15-8-6-5-7-11(15)10-21/h11,15,21H,3-8,10H2,1-2H3,(H,18,20). The van der Waals surface area contributed by atoms with Crippen molar-refractivity contribution in [2.75, 3.05) is 11.9 Å². The molecule has 1 aliphatic rings. The van der Waals surface area contributed by atoms with Gasteiger partial charge in [-0.2, -0.15) is 10.4 Å². The quantitative estimate of drug-likeness (QED) is 0.869. The summed E-state index contributed by atoms with van der Waals surface area (Å²) in [5.74, 6) is 0.819. The van der Waals surface area contributed by atoms with Crippen molar-refractivity contribution in [1.82, 2.24) is 10.2 Å². The molecule has 1 saturated carbocycles. The third-order valence-corrected chi connectivity index (χ3v) is 4.42. The number of nitrogens with one attached hydrogen (secondary N) is 1. The van der Waals surface area contributed by atoms with Crippen LogP contribution in [0.5, 0.6) is 0 Å². The van der Waals surface area contributed by atoms with Crippen molar-refractivity contribution in [2.24, 2.45) is 5.92 Å². The first-order valence-electron chi connectivity index (χ1n) is 7.91. The highest BCUT2D eigenvalue weighted by molar-refractivity contribution is 5.57. The molecule has 0 spiro atoms. The van der Waals surface area contributed by atoms with E-state index in [0.717, 1.165) is 49.8 Å². The van der Waals surface area contributed by atoms with Crippen LogP contribution in [0.15, 0.2) is 0 Å². The molecular formula is C16H24N4O. The van der Waals surface area contributed by atoms with Crippen LogP contribution >= 0.6 is 0 Å². The molecule has 0 radical (unpaired) electrons. The number of anilines is 1. The Bertz CT molecular complexity index is 524. The molecular weight excluding hydrogens is 264 g/mol. The number of nitrogens with zero attached hydrogens (tertiary/aromatic N) is 3. The van der Waals surface area contributed by atoms with Gasteiger partial charge in [-0.05, 0) is 31.2 Å². The van der Waals surface area contributed by atoms with Gasteiger partial charge in [-0.25, -0.2) is 0 Å². The Labute approximate surface area is 126 Å². The Kier molecular flexibility index (Phi) is 5.51. The Morgan fingerprint density at radius 3 is 2.62 bits per heavy atom. The molecule has 0 aliphatic heterocycles. The van der Waals surface area contributed by atoms with Crippen LogP contribution in [0.4, 0.5) is 5.82 Å². The van der Waals surface area contributed by atoms with Gasteiger partial charge in [-0.3, -0.25) is 0 Å². The topological polar surface area (TPSA) is 81.8 Å². The van der Waals surface area contributed by atoms with E-state index < -0.39 is 0 Å². The second-order valence-corrected chi connectivity index (χ2v) is 5.65. The van der Waals surface area contributed by atoms with Crippen LogP contribution in [-0.2, 0) is 12.8 Å². The minimum absolute atomic E-state index is 0.181. The van der Waals surface area contributed by atoms with E-state index in [1.165, 1.54) is 0 Å². The highest BCUT2D eigenvalue weighted by Gasteiger charge is 2.26. The number of hydrogen-bond donors (Lipinski definition) is 2. The molecule has 2 N–H and O–H groups in total. The molecule has 2 atom stereocenters. The Morgan fingerprint density at radius 2 is 2.00 bits per heavy atom. The molecule has 0 saturated heterocycles. The number of aliphatic hydroxyl groups excluding tert-OH is 1. The van der Waals surface area contributed by atoms with E-state index in [1.54, 1.807) is 0 Å². The van der Waals surface area contributed by atoms with Crippen molar-refractivity contribution in [1.29, 1.82) is 5.26 Å². The van der Waals surface area contributed by atoms with Crippen LogP contribution in [-0.4, -0.2) is 28.0 Å². The van der Waals surface area contributed by atoms with Gasteiger partial charge in [-0.15, -0.1) is 5.10 Å². The average Bonchev–Trinajstić information content (AvgIpc) is 2.54. The summed E-state index contributed by atoms with van der Waals surface area (Å²) in [5.41, 5.74) is 2.52. The highest BCUT2D eigenvalue weighted by Crippen LogP contribution is 2.28. The van der Waals surface area contributed by atoms with Crippen molar-refractivity contribution >= 4 is 5.82 Å². The third kappa shape index (κ3) is 3.33. The summed E-state index contributed by atoms with van der Waals surface area (Å²) in [6.45, 7) is 4.25. The molecule has 1 heterocycles. The summed E-state index contributed by atoms with van der Waals surface area (Å²) < 4.78 is 0. The van der Waals surface area contributed by atoms with E-state index in [9.17, 15) is 10.4 Å². The zero-order valence-corrected chi connectivity index (χ0v) is 12.9. The van der Waals surface area contributed by atoms with E-state index in [1.807, 2.05) is 13.8 Å². The van der Waals surface area contributed by atoms with Crippen molar-refractivity contribution in [3.05, 3.63) is 16.8 Å². The maximum atomic E-state index is 9.51. The third-order valence-electron chi connectivity index (χ3n) is 4.42. The molecule has 1 fully saturated rings. The zero-order chi connectivity index (χ0) is 15.2. The summed E-state index contributed by atoms with van der Waals surface area (Å²) in [6.07, 6.45) is 5.91. The normalized spacial score (nSPS) is 21.8. The number of aryl methyl sites for hydroxylation is 1. The van der Waals surface area contributed by atoms with Crippen LogP contribution in [0.1, 0.15) is 56.4 Å². The molecule has 0 aromatic carbocycles. The van der Waals surface area contributed by atoms with Gasteiger partial charge < -0.3 is 10.4 Å². The number of aromatic nitrogens is 2. The monoisotopic (exact) mass is 288 g/mol. The maximum absolute atomic E-state index is 9.51. The molecule has 114 valence electrons. The van der Waals surface area contributed by atoms with E-state index in [2.05, 4.69) is 21.6 Å². The minimum atomic E-state index is 0.181. The van der Waals surface area contributed by atoms with E-state index in [0.29, 0.717) is 11.4 Å². The number of hydrogen-bond acceptors (Lipinski definition) is 5. The van der Waals surface area contributed by atoms with Crippen LogP contribution < -0.4 is 5.32 Å². The molecule has 2 rings (SSSR count). The molecule has 1 aromatic heterocycles. The zero-order valence-electron chi connectivity index (χ0n) is 12.9. The molecule has 0 amide bonds. The molecule has 5 nitrogen and oxygen atoms in total. The van der Waals surface area contributed by atoms with Gasteiger partial charge in [0, 0.05) is 18.6 Å². The lowest BCUT2D eigenvalue weighted by molar-refractivity contribution is 0.178. The fourth-order valence-electron chi connectivity index (χ4n) is 3.19. The predicted molar refractivity (Wildman–Crippen MR) is 82.0 cm³/mol. The largest absolute Gasteiger partial charge is 0.396 e. The van der Waals surface area contributed by atoms with E-state index in [4.69, 9.17) is 0 Å². The van der Waals surface area contributed by atoms with Crippen molar-refractivity contribution < 1.29 is 5.11 Å². The molecule has 0 bridgehead atoms. The van der Waals surface area contributed by atoms with E-state index >= 15 is 0 Å². The van der Waals surface area contributed by atoms with Gasteiger partial charge in [0.15, 0.2) is 5.82 Å². The fraction of sp³-hybridized carbons (Fsp3) is 0.688. The SMILES string of the molecule is CCc1nnc(NC2CCCCC2CO)c(C#N)c1CC. The summed E-state index contributed by atoms with van der Waals surface area (Å²) in [5, 5.41) is 30.9. The molecule has 2 unspecified atom stereocenters. The minimum Gasteiger partial charge on any atom is -0.396 e. The Hall–Kier alpha value is -1.67. The van der Waals surface area contributed by atoms with Crippen molar-refractivity contribution in [2.45, 2.75) is 58.4 Å². The maximum Gasteiger partial charge on any atom is 0.167 e. The summed E-state index contributed by atoms with van der Waals surface area (Å²) in [7, 11) is 0. The Morgan fingerprint density at radius 1 is 1.24 bits per heavy atom. The lowest BCUT2D eigenvalue weighted by atomic mass is 9.85. The molecule has 1 aliphatic carbocycles. The Balaban J connectivity index is 2.29. The van der Waals surface area contributed by atoms with Crippen molar-refractivity contribution in [3.8, 4) is 6.07 Å². The van der Waals surface area contributed by atoms with Gasteiger partial charge in [0.1, 0.15) is 11.6 Å².